The lowest BCUT2D eigenvalue weighted by Gasteiger charge is -2.04. The molecule has 1 aromatic heterocycles. The summed E-state index contributed by atoms with van der Waals surface area (Å²) in [5, 5.41) is 0. The van der Waals surface area contributed by atoms with E-state index in [9.17, 15) is 8.78 Å². The molecule has 0 N–H and O–H groups in total. The highest BCUT2D eigenvalue weighted by Gasteiger charge is 2.07. The maximum Gasteiger partial charge on any atom is 0.220 e. The summed E-state index contributed by atoms with van der Waals surface area (Å²) in [5.41, 5.74) is 1.53. The van der Waals surface area contributed by atoms with Gasteiger partial charge in [-0.05, 0) is 36.2 Å². The van der Waals surface area contributed by atoms with Crippen molar-refractivity contribution in [1.82, 2.24) is 4.98 Å². The molecule has 0 unspecified atom stereocenters. The van der Waals surface area contributed by atoms with Crippen LogP contribution in [0.5, 0.6) is 0 Å². The second-order valence-corrected chi connectivity index (χ2v) is 3.50. The highest BCUT2D eigenvalue weighted by Crippen LogP contribution is 2.22. The van der Waals surface area contributed by atoms with E-state index >= 15 is 0 Å². The summed E-state index contributed by atoms with van der Waals surface area (Å²) in [7, 11) is 0. The van der Waals surface area contributed by atoms with E-state index in [4.69, 9.17) is 0 Å². The first-order valence-electron chi connectivity index (χ1n) is 5.12. The van der Waals surface area contributed by atoms with Crippen LogP contribution in [0.3, 0.4) is 0 Å². The Morgan fingerprint density at radius 1 is 1.12 bits per heavy atom. The Hall–Kier alpha value is -1.77. The van der Waals surface area contributed by atoms with E-state index in [1.54, 1.807) is 24.3 Å². The van der Waals surface area contributed by atoms with Crippen LogP contribution in [0.2, 0.25) is 0 Å². The Morgan fingerprint density at radius 2 is 1.94 bits per heavy atom. The van der Waals surface area contributed by atoms with Gasteiger partial charge in [-0.15, -0.1) is 0 Å². The van der Waals surface area contributed by atoms with Crippen LogP contribution in [0.25, 0.3) is 11.1 Å². The molecule has 16 heavy (non-hydrogen) atoms. The van der Waals surface area contributed by atoms with E-state index < -0.39 is 5.95 Å². The molecule has 2 rings (SSSR count). The molecule has 0 fully saturated rings. The number of hydrogen-bond acceptors (Lipinski definition) is 1. The summed E-state index contributed by atoms with van der Waals surface area (Å²) in [6, 6.07) is 9.23. The van der Waals surface area contributed by atoms with Gasteiger partial charge in [-0.3, -0.25) is 0 Å². The van der Waals surface area contributed by atoms with Gasteiger partial charge in [-0.1, -0.05) is 19.1 Å². The third-order valence-electron chi connectivity index (χ3n) is 2.40. The Balaban J connectivity index is 2.48. The summed E-state index contributed by atoms with van der Waals surface area (Å²) in [4.78, 5) is 3.81. The number of rotatable bonds is 2. The Bertz CT molecular complexity index is 509. The van der Waals surface area contributed by atoms with Crippen molar-refractivity contribution < 1.29 is 8.78 Å². The zero-order valence-electron chi connectivity index (χ0n) is 8.87. The van der Waals surface area contributed by atoms with Gasteiger partial charge >= 0.3 is 0 Å². The van der Waals surface area contributed by atoms with E-state index in [2.05, 4.69) is 4.98 Å². The minimum atomic E-state index is -0.551. The van der Waals surface area contributed by atoms with Gasteiger partial charge in [-0.25, -0.2) is 9.37 Å². The fourth-order valence-corrected chi connectivity index (χ4v) is 1.54. The van der Waals surface area contributed by atoms with Gasteiger partial charge in [0.25, 0.3) is 0 Å². The van der Waals surface area contributed by atoms with Crippen LogP contribution in [0.15, 0.2) is 36.4 Å². The van der Waals surface area contributed by atoms with Crippen molar-refractivity contribution in [3.05, 3.63) is 53.9 Å². The third kappa shape index (κ3) is 2.08. The predicted molar refractivity (Wildman–Crippen MR) is 59.0 cm³/mol. The minimum Gasteiger partial charge on any atom is -0.224 e. The van der Waals surface area contributed by atoms with E-state index in [-0.39, 0.29) is 5.82 Å². The number of hydrogen-bond donors (Lipinski definition) is 0. The largest absolute Gasteiger partial charge is 0.224 e. The van der Waals surface area contributed by atoms with Crippen LogP contribution < -0.4 is 0 Å². The van der Waals surface area contributed by atoms with Gasteiger partial charge < -0.3 is 0 Å². The van der Waals surface area contributed by atoms with Gasteiger partial charge in [0.05, 0.1) is 0 Å². The molecular formula is C13H11F2N. The first kappa shape index (κ1) is 10.7. The number of pyridine rings is 1. The molecule has 0 saturated carbocycles. The first-order valence-corrected chi connectivity index (χ1v) is 5.12. The highest BCUT2D eigenvalue weighted by atomic mass is 19.1. The lowest BCUT2D eigenvalue weighted by atomic mass is 10.1. The van der Waals surface area contributed by atoms with E-state index in [0.29, 0.717) is 23.2 Å². The third-order valence-corrected chi connectivity index (χ3v) is 2.40. The Kier molecular flexibility index (Phi) is 2.95. The second-order valence-electron chi connectivity index (χ2n) is 3.50. The maximum absolute atomic E-state index is 13.6. The zero-order chi connectivity index (χ0) is 11.5. The van der Waals surface area contributed by atoms with Crippen LogP contribution in [-0.2, 0) is 6.42 Å². The highest BCUT2D eigenvalue weighted by molar-refractivity contribution is 5.63. The number of halogens is 2. The average Bonchev–Trinajstić information content (AvgIpc) is 2.28. The molecule has 0 aliphatic rings. The molecule has 2 aromatic rings. The molecule has 3 heteroatoms. The molecule has 0 spiro atoms. The van der Waals surface area contributed by atoms with Crippen molar-refractivity contribution in [3.8, 4) is 11.1 Å². The lowest BCUT2D eigenvalue weighted by Crippen LogP contribution is -1.94. The summed E-state index contributed by atoms with van der Waals surface area (Å²) in [5.74, 6) is -0.929. The molecule has 0 radical (unpaired) electrons. The summed E-state index contributed by atoms with van der Waals surface area (Å²) in [6.07, 6.45) is 0.681. The van der Waals surface area contributed by atoms with Crippen molar-refractivity contribution in [2.45, 2.75) is 13.3 Å². The molecule has 0 atom stereocenters. The van der Waals surface area contributed by atoms with Crippen molar-refractivity contribution >= 4 is 0 Å². The zero-order valence-corrected chi connectivity index (χ0v) is 8.87. The number of benzene rings is 1. The molecule has 0 amide bonds. The summed E-state index contributed by atoms with van der Waals surface area (Å²) < 4.78 is 26.6. The molecule has 0 bridgehead atoms. The fraction of sp³-hybridized carbons (Fsp3) is 0.154. The Labute approximate surface area is 92.8 Å². The molecular weight excluding hydrogens is 208 g/mol. The van der Waals surface area contributed by atoms with Crippen LogP contribution in [0, 0.1) is 11.8 Å². The summed E-state index contributed by atoms with van der Waals surface area (Å²) in [6.45, 7) is 1.91. The maximum atomic E-state index is 13.6. The van der Waals surface area contributed by atoms with Gasteiger partial charge in [0.2, 0.25) is 5.95 Å². The molecule has 0 aliphatic carbocycles. The number of aromatic nitrogens is 1. The SMILES string of the molecule is CCc1ccc(-c2cccc(F)c2)c(F)n1. The first-order chi connectivity index (χ1) is 7.70. The molecule has 1 aromatic carbocycles. The van der Waals surface area contributed by atoms with Crippen LogP contribution >= 0.6 is 0 Å². The van der Waals surface area contributed by atoms with Crippen LogP contribution in [0.1, 0.15) is 12.6 Å². The predicted octanol–water partition coefficient (Wildman–Crippen LogP) is 3.59. The molecule has 1 nitrogen and oxygen atoms in total. The topological polar surface area (TPSA) is 12.9 Å². The average molecular weight is 219 g/mol. The van der Waals surface area contributed by atoms with Gasteiger partial charge in [0.15, 0.2) is 0 Å². The second kappa shape index (κ2) is 4.39. The quantitative estimate of drug-likeness (QED) is 0.703. The molecule has 0 saturated heterocycles. The van der Waals surface area contributed by atoms with Crippen molar-refractivity contribution in [2.75, 3.05) is 0 Å². The van der Waals surface area contributed by atoms with E-state index in [0.717, 1.165) is 0 Å². The number of aryl methyl sites for hydroxylation is 1. The van der Waals surface area contributed by atoms with Gasteiger partial charge in [0, 0.05) is 11.3 Å². The van der Waals surface area contributed by atoms with Crippen molar-refractivity contribution in [1.29, 1.82) is 0 Å². The van der Waals surface area contributed by atoms with Crippen LogP contribution in [-0.4, -0.2) is 4.98 Å². The Morgan fingerprint density at radius 3 is 2.56 bits per heavy atom. The molecule has 0 aliphatic heterocycles. The minimum absolute atomic E-state index is 0.330. The van der Waals surface area contributed by atoms with Crippen molar-refractivity contribution in [2.24, 2.45) is 0 Å². The van der Waals surface area contributed by atoms with Crippen LogP contribution in [0.4, 0.5) is 8.78 Å². The summed E-state index contributed by atoms with van der Waals surface area (Å²) >= 11 is 0. The smallest absolute Gasteiger partial charge is 0.220 e. The van der Waals surface area contributed by atoms with E-state index in [1.165, 1.54) is 12.1 Å². The molecule has 1 heterocycles. The monoisotopic (exact) mass is 219 g/mol. The lowest BCUT2D eigenvalue weighted by molar-refractivity contribution is 0.581. The number of nitrogens with zero attached hydrogens (tertiary/aromatic N) is 1. The van der Waals surface area contributed by atoms with Crippen molar-refractivity contribution in [3.63, 3.8) is 0 Å². The van der Waals surface area contributed by atoms with Gasteiger partial charge in [0.1, 0.15) is 5.82 Å². The normalized spacial score (nSPS) is 10.4. The van der Waals surface area contributed by atoms with Gasteiger partial charge in [-0.2, -0.15) is 4.39 Å². The van der Waals surface area contributed by atoms with E-state index in [1.807, 2.05) is 6.92 Å². The molecule has 82 valence electrons. The standard InChI is InChI=1S/C13H11F2N/c1-2-11-6-7-12(13(15)16-11)9-4-3-5-10(14)8-9/h3-8H,2H2,1H3. The fourth-order valence-electron chi connectivity index (χ4n) is 1.54.